The third kappa shape index (κ3) is 5.91. The van der Waals surface area contributed by atoms with Crippen molar-refractivity contribution in [3.8, 4) is 5.75 Å². The summed E-state index contributed by atoms with van der Waals surface area (Å²) in [5.74, 6) is -0.310. The number of fused-ring (bicyclic) bond motifs is 1. The highest BCUT2D eigenvalue weighted by Crippen LogP contribution is 2.31. The number of carbonyl (C=O) groups is 2. The SMILES string of the molecule is CC(=O)O.Cc1cc(OCC(=O)N2CCOC3(CCNCC3)C2)c2c(C)c(C)c(=O)oc2c1. The summed E-state index contributed by atoms with van der Waals surface area (Å²) in [4.78, 5) is 35.7. The van der Waals surface area contributed by atoms with Crippen LogP contribution in [0.2, 0.25) is 0 Å². The summed E-state index contributed by atoms with van der Waals surface area (Å²) in [5.41, 5.74) is 2.19. The van der Waals surface area contributed by atoms with Crippen molar-refractivity contribution in [1.82, 2.24) is 10.2 Å². The van der Waals surface area contributed by atoms with E-state index in [9.17, 15) is 9.59 Å². The molecule has 0 saturated carbocycles. The lowest BCUT2D eigenvalue weighted by Crippen LogP contribution is -2.58. The molecule has 2 N–H and O–H groups in total. The van der Waals surface area contributed by atoms with Gasteiger partial charge >= 0.3 is 5.63 Å². The molecule has 9 heteroatoms. The van der Waals surface area contributed by atoms with E-state index in [0.717, 1.165) is 49.4 Å². The van der Waals surface area contributed by atoms with Crippen LogP contribution in [0.15, 0.2) is 21.3 Å². The molecule has 3 heterocycles. The molecule has 1 amide bonds. The maximum atomic E-state index is 12.9. The van der Waals surface area contributed by atoms with E-state index in [0.29, 0.717) is 36.6 Å². The van der Waals surface area contributed by atoms with Crippen LogP contribution >= 0.6 is 0 Å². The number of nitrogens with zero attached hydrogens (tertiary/aromatic N) is 1. The van der Waals surface area contributed by atoms with Crippen LogP contribution in [-0.4, -0.2) is 66.9 Å². The minimum absolute atomic E-state index is 0.0485. The predicted octanol–water partition coefficient (Wildman–Crippen LogP) is 2.17. The van der Waals surface area contributed by atoms with E-state index >= 15 is 0 Å². The van der Waals surface area contributed by atoms with Crippen molar-refractivity contribution in [3.63, 3.8) is 0 Å². The van der Waals surface area contributed by atoms with Gasteiger partial charge in [-0.25, -0.2) is 4.79 Å². The molecule has 4 rings (SSSR count). The lowest BCUT2D eigenvalue weighted by Gasteiger charge is -2.45. The maximum Gasteiger partial charge on any atom is 0.339 e. The molecule has 0 unspecified atom stereocenters. The number of amides is 1. The van der Waals surface area contributed by atoms with Gasteiger partial charge in [0.25, 0.3) is 11.9 Å². The topological polar surface area (TPSA) is 118 Å². The van der Waals surface area contributed by atoms with E-state index in [-0.39, 0.29) is 23.7 Å². The van der Waals surface area contributed by atoms with Crippen LogP contribution in [0.4, 0.5) is 0 Å². The second-order valence-corrected chi connectivity index (χ2v) is 8.68. The summed E-state index contributed by atoms with van der Waals surface area (Å²) in [6.45, 7) is 10.1. The molecule has 1 spiro atoms. The number of nitrogens with one attached hydrogen (secondary N) is 1. The molecule has 33 heavy (non-hydrogen) atoms. The average Bonchev–Trinajstić information content (AvgIpc) is 2.75. The standard InChI is InChI=1S/C22H28N2O5.C2H4O2/c1-14-10-17(20-15(2)16(3)21(26)29-18(20)11-14)27-12-19(25)24-8-9-28-22(13-24)4-6-23-7-5-22;1-2(3)4/h10-11,23H,4-9,12-13H2,1-3H3;1H3,(H,3,4). The van der Waals surface area contributed by atoms with Gasteiger partial charge in [0, 0.05) is 25.6 Å². The Morgan fingerprint density at radius 3 is 2.52 bits per heavy atom. The van der Waals surface area contributed by atoms with Gasteiger partial charge in [0.2, 0.25) is 0 Å². The van der Waals surface area contributed by atoms with Gasteiger partial charge in [0.1, 0.15) is 11.3 Å². The molecule has 2 aliphatic rings. The zero-order valence-corrected chi connectivity index (χ0v) is 19.7. The largest absolute Gasteiger partial charge is 0.483 e. The quantitative estimate of drug-likeness (QED) is 0.669. The normalized spacial score (nSPS) is 17.4. The first-order valence-electron chi connectivity index (χ1n) is 11.1. The van der Waals surface area contributed by atoms with Gasteiger partial charge in [0.05, 0.1) is 17.6 Å². The van der Waals surface area contributed by atoms with Gasteiger partial charge < -0.3 is 29.2 Å². The number of aryl methyl sites for hydroxylation is 2. The number of morpholine rings is 1. The molecule has 2 aromatic rings. The molecular formula is C24H32N2O7. The van der Waals surface area contributed by atoms with Gasteiger partial charge in [-0.1, -0.05) is 0 Å². The van der Waals surface area contributed by atoms with Gasteiger partial charge in [-0.15, -0.1) is 0 Å². The summed E-state index contributed by atoms with van der Waals surface area (Å²) in [6.07, 6.45) is 1.83. The first-order valence-corrected chi connectivity index (χ1v) is 11.1. The Morgan fingerprint density at radius 1 is 1.18 bits per heavy atom. The fourth-order valence-corrected chi connectivity index (χ4v) is 4.28. The van der Waals surface area contributed by atoms with Gasteiger partial charge in [0.15, 0.2) is 6.61 Å². The van der Waals surface area contributed by atoms with Crippen molar-refractivity contribution in [2.75, 3.05) is 39.4 Å². The Bertz CT molecular complexity index is 1080. The van der Waals surface area contributed by atoms with Crippen LogP contribution < -0.4 is 15.7 Å². The highest BCUT2D eigenvalue weighted by Gasteiger charge is 2.39. The van der Waals surface area contributed by atoms with Crippen molar-refractivity contribution in [3.05, 3.63) is 39.2 Å². The summed E-state index contributed by atoms with van der Waals surface area (Å²) in [6, 6.07) is 3.70. The second-order valence-electron chi connectivity index (χ2n) is 8.68. The number of carboxylic acids is 1. The smallest absolute Gasteiger partial charge is 0.339 e. The van der Waals surface area contributed by atoms with Gasteiger partial charge in [-0.2, -0.15) is 0 Å². The fourth-order valence-electron chi connectivity index (χ4n) is 4.28. The monoisotopic (exact) mass is 460 g/mol. The van der Waals surface area contributed by atoms with Crippen molar-refractivity contribution < 1.29 is 28.6 Å². The van der Waals surface area contributed by atoms with Crippen LogP contribution in [0.25, 0.3) is 11.0 Å². The minimum Gasteiger partial charge on any atom is -0.483 e. The molecule has 0 atom stereocenters. The minimum atomic E-state index is -0.833. The lowest BCUT2D eigenvalue weighted by atomic mass is 9.90. The molecular weight excluding hydrogens is 428 g/mol. The van der Waals surface area contributed by atoms with E-state index in [2.05, 4.69) is 5.32 Å². The molecule has 1 aromatic carbocycles. The molecule has 0 radical (unpaired) electrons. The maximum absolute atomic E-state index is 12.9. The Morgan fingerprint density at radius 2 is 1.85 bits per heavy atom. The number of hydrogen-bond acceptors (Lipinski definition) is 7. The van der Waals surface area contributed by atoms with Gasteiger partial charge in [-0.05, 0) is 70.0 Å². The van der Waals surface area contributed by atoms with Crippen LogP contribution in [-0.2, 0) is 14.3 Å². The highest BCUT2D eigenvalue weighted by atomic mass is 16.5. The number of aliphatic carboxylic acids is 1. The number of ether oxygens (including phenoxy) is 2. The van der Waals surface area contributed by atoms with Crippen LogP contribution in [0, 0.1) is 20.8 Å². The number of benzene rings is 1. The first kappa shape index (κ1) is 24.7. The molecule has 2 saturated heterocycles. The molecule has 2 aliphatic heterocycles. The Balaban J connectivity index is 0.000000709. The Labute approximate surface area is 192 Å². The third-order valence-electron chi connectivity index (χ3n) is 6.12. The van der Waals surface area contributed by atoms with Crippen molar-refractivity contribution in [2.45, 2.75) is 46.1 Å². The molecule has 9 nitrogen and oxygen atoms in total. The number of hydrogen-bond donors (Lipinski definition) is 2. The fraction of sp³-hybridized carbons (Fsp3) is 0.542. The Hall–Kier alpha value is -2.91. The number of carboxylic acid groups (broad SMARTS) is 1. The predicted molar refractivity (Wildman–Crippen MR) is 123 cm³/mol. The molecule has 0 aliphatic carbocycles. The molecule has 180 valence electrons. The summed E-state index contributed by atoms with van der Waals surface area (Å²) in [5, 5.41) is 11.5. The zero-order valence-electron chi connectivity index (χ0n) is 19.7. The second kappa shape index (κ2) is 10.4. The average molecular weight is 461 g/mol. The first-order chi connectivity index (χ1) is 15.6. The third-order valence-corrected chi connectivity index (χ3v) is 6.12. The van der Waals surface area contributed by atoms with E-state index in [1.807, 2.05) is 30.9 Å². The van der Waals surface area contributed by atoms with Crippen molar-refractivity contribution in [1.29, 1.82) is 0 Å². The molecule has 1 aromatic heterocycles. The molecule has 2 fully saturated rings. The van der Waals surface area contributed by atoms with E-state index in [1.165, 1.54) is 0 Å². The number of carbonyl (C=O) groups excluding carboxylic acids is 1. The highest BCUT2D eigenvalue weighted by molar-refractivity contribution is 5.88. The zero-order chi connectivity index (χ0) is 24.2. The van der Waals surface area contributed by atoms with Crippen LogP contribution in [0.5, 0.6) is 5.75 Å². The van der Waals surface area contributed by atoms with Crippen molar-refractivity contribution in [2.24, 2.45) is 0 Å². The van der Waals surface area contributed by atoms with Crippen LogP contribution in [0.1, 0.15) is 36.5 Å². The summed E-state index contributed by atoms with van der Waals surface area (Å²) in [7, 11) is 0. The van der Waals surface area contributed by atoms with E-state index in [4.69, 9.17) is 23.8 Å². The van der Waals surface area contributed by atoms with Crippen molar-refractivity contribution >= 4 is 22.8 Å². The Kier molecular flexibility index (Phi) is 7.76. The van der Waals surface area contributed by atoms with Crippen LogP contribution in [0.3, 0.4) is 0 Å². The summed E-state index contributed by atoms with van der Waals surface area (Å²) < 4.78 is 17.4. The van der Waals surface area contributed by atoms with E-state index in [1.54, 1.807) is 6.92 Å². The van der Waals surface area contributed by atoms with E-state index < -0.39 is 5.97 Å². The number of rotatable bonds is 3. The lowest BCUT2D eigenvalue weighted by molar-refractivity contribution is -0.156. The molecule has 0 bridgehead atoms. The van der Waals surface area contributed by atoms with Gasteiger partial charge in [-0.3, -0.25) is 9.59 Å². The number of piperidine rings is 1. The summed E-state index contributed by atoms with van der Waals surface area (Å²) >= 11 is 0.